The van der Waals surface area contributed by atoms with Gasteiger partial charge >= 0.3 is 0 Å². The molecule has 2 N–H and O–H groups in total. The summed E-state index contributed by atoms with van der Waals surface area (Å²) in [4.78, 5) is 26.1. The summed E-state index contributed by atoms with van der Waals surface area (Å²) < 4.78 is 11.7. The highest BCUT2D eigenvalue weighted by molar-refractivity contribution is 5.91. The van der Waals surface area contributed by atoms with Crippen molar-refractivity contribution in [2.75, 3.05) is 32.8 Å². The summed E-state index contributed by atoms with van der Waals surface area (Å²) in [5.74, 6) is 0.889. The SMILES string of the molecule is CCO[C@@H]1OC(C(=O)NCCCN2CCCC2=O)=C[C@H](C(C)C)[C@@H]1CCCO. The summed E-state index contributed by atoms with van der Waals surface area (Å²) in [6, 6.07) is 0. The van der Waals surface area contributed by atoms with Crippen LogP contribution >= 0.6 is 0 Å². The van der Waals surface area contributed by atoms with Gasteiger partial charge in [0, 0.05) is 45.2 Å². The summed E-state index contributed by atoms with van der Waals surface area (Å²) in [5.41, 5.74) is 0. The molecule has 7 nitrogen and oxygen atoms in total. The fourth-order valence-electron chi connectivity index (χ4n) is 4.02. The number of rotatable bonds is 11. The first-order valence-corrected chi connectivity index (χ1v) is 10.6. The molecule has 0 aromatic heterocycles. The topological polar surface area (TPSA) is 88.1 Å². The molecule has 2 rings (SSSR count). The molecule has 0 aromatic carbocycles. The van der Waals surface area contributed by atoms with Gasteiger partial charge in [0.1, 0.15) is 0 Å². The second-order valence-corrected chi connectivity index (χ2v) is 7.92. The number of allylic oxidation sites excluding steroid dienone is 1. The van der Waals surface area contributed by atoms with Crippen LogP contribution in [0.15, 0.2) is 11.8 Å². The van der Waals surface area contributed by atoms with Crippen molar-refractivity contribution in [1.29, 1.82) is 0 Å². The van der Waals surface area contributed by atoms with E-state index in [9.17, 15) is 14.7 Å². The molecule has 0 aliphatic carbocycles. The standard InChI is InChI=1S/C21H36N2O5/c1-4-27-21-16(8-6-13-24)17(15(2)3)14-18(28-21)20(26)22-10-7-12-23-11-5-9-19(23)25/h14-17,21,24H,4-13H2,1-3H3,(H,22,26)/t16-,17+,21+/m0/s1. The van der Waals surface area contributed by atoms with Crippen LogP contribution in [0.25, 0.3) is 0 Å². The highest BCUT2D eigenvalue weighted by Crippen LogP contribution is 2.36. The number of aliphatic hydroxyl groups is 1. The van der Waals surface area contributed by atoms with Gasteiger partial charge in [0.2, 0.25) is 12.2 Å². The lowest BCUT2D eigenvalue weighted by atomic mass is 9.78. The first kappa shape index (κ1) is 22.7. The van der Waals surface area contributed by atoms with Crippen LogP contribution in [0.1, 0.15) is 52.9 Å². The number of carbonyl (C=O) groups is 2. The minimum atomic E-state index is -0.475. The van der Waals surface area contributed by atoms with Crippen LogP contribution in [0.2, 0.25) is 0 Å². The molecule has 28 heavy (non-hydrogen) atoms. The van der Waals surface area contributed by atoms with Crippen molar-refractivity contribution in [2.45, 2.75) is 59.2 Å². The van der Waals surface area contributed by atoms with Crippen molar-refractivity contribution in [1.82, 2.24) is 10.2 Å². The van der Waals surface area contributed by atoms with Gasteiger partial charge in [-0.3, -0.25) is 9.59 Å². The average molecular weight is 397 g/mol. The fourth-order valence-corrected chi connectivity index (χ4v) is 4.02. The summed E-state index contributed by atoms with van der Waals surface area (Å²) in [7, 11) is 0. The van der Waals surface area contributed by atoms with Crippen LogP contribution in [0.5, 0.6) is 0 Å². The van der Waals surface area contributed by atoms with Gasteiger partial charge in [0.15, 0.2) is 5.76 Å². The van der Waals surface area contributed by atoms with E-state index in [0.29, 0.717) is 44.2 Å². The summed E-state index contributed by atoms with van der Waals surface area (Å²) in [6.45, 7) is 8.81. The van der Waals surface area contributed by atoms with Gasteiger partial charge in [0.25, 0.3) is 5.91 Å². The van der Waals surface area contributed by atoms with E-state index in [2.05, 4.69) is 19.2 Å². The van der Waals surface area contributed by atoms with Crippen LogP contribution < -0.4 is 5.32 Å². The number of hydrogen-bond acceptors (Lipinski definition) is 5. The molecule has 0 spiro atoms. The Kier molecular flexibility index (Phi) is 9.25. The summed E-state index contributed by atoms with van der Waals surface area (Å²) in [6.07, 6.45) is 5.22. The number of hydrogen-bond donors (Lipinski definition) is 2. The molecule has 2 heterocycles. The van der Waals surface area contributed by atoms with E-state index >= 15 is 0 Å². The van der Waals surface area contributed by atoms with E-state index in [1.807, 2.05) is 17.9 Å². The van der Waals surface area contributed by atoms with Gasteiger partial charge < -0.3 is 24.8 Å². The summed E-state index contributed by atoms with van der Waals surface area (Å²) in [5, 5.41) is 12.1. The van der Waals surface area contributed by atoms with Gasteiger partial charge in [-0.05, 0) is 50.5 Å². The largest absolute Gasteiger partial charge is 0.459 e. The second kappa shape index (κ2) is 11.4. The van der Waals surface area contributed by atoms with Gasteiger partial charge in [-0.25, -0.2) is 0 Å². The molecule has 2 amide bonds. The highest BCUT2D eigenvalue weighted by atomic mass is 16.7. The van der Waals surface area contributed by atoms with E-state index in [-0.39, 0.29) is 30.3 Å². The molecule has 0 aromatic rings. The van der Waals surface area contributed by atoms with Crippen molar-refractivity contribution in [2.24, 2.45) is 17.8 Å². The van der Waals surface area contributed by atoms with E-state index in [0.717, 1.165) is 25.8 Å². The van der Waals surface area contributed by atoms with Crippen molar-refractivity contribution in [3.63, 3.8) is 0 Å². The molecule has 0 unspecified atom stereocenters. The number of aliphatic hydroxyl groups excluding tert-OH is 1. The molecule has 0 radical (unpaired) electrons. The molecular weight excluding hydrogens is 360 g/mol. The molecule has 1 fully saturated rings. The third-order valence-corrected chi connectivity index (χ3v) is 5.51. The first-order chi connectivity index (χ1) is 13.5. The van der Waals surface area contributed by atoms with E-state index in [1.165, 1.54) is 0 Å². The normalized spacial score (nSPS) is 25.0. The Morgan fingerprint density at radius 1 is 1.43 bits per heavy atom. The monoisotopic (exact) mass is 396 g/mol. The van der Waals surface area contributed by atoms with Crippen molar-refractivity contribution >= 4 is 11.8 Å². The van der Waals surface area contributed by atoms with Crippen molar-refractivity contribution in [3.8, 4) is 0 Å². The van der Waals surface area contributed by atoms with Crippen molar-refractivity contribution < 1.29 is 24.2 Å². The molecular formula is C21H36N2O5. The maximum Gasteiger partial charge on any atom is 0.286 e. The molecule has 1 saturated heterocycles. The Hall–Kier alpha value is -1.60. The smallest absolute Gasteiger partial charge is 0.286 e. The Morgan fingerprint density at radius 2 is 2.21 bits per heavy atom. The van der Waals surface area contributed by atoms with Crippen LogP contribution in [0, 0.1) is 17.8 Å². The lowest BCUT2D eigenvalue weighted by molar-refractivity contribution is -0.175. The maximum absolute atomic E-state index is 12.6. The Morgan fingerprint density at radius 3 is 2.82 bits per heavy atom. The molecule has 2 aliphatic rings. The Labute approximate surface area is 168 Å². The quantitative estimate of drug-likeness (QED) is 0.522. The lowest BCUT2D eigenvalue weighted by Crippen LogP contribution is -2.41. The number of nitrogens with one attached hydrogen (secondary N) is 1. The molecule has 7 heteroatoms. The first-order valence-electron chi connectivity index (χ1n) is 10.6. The van der Waals surface area contributed by atoms with Crippen LogP contribution in [0.3, 0.4) is 0 Å². The van der Waals surface area contributed by atoms with Crippen LogP contribution in [0.4, 0.5) is 0 Å². The zero-order valence-corrected chi connectivity index (χ0v) is 17.5. The zero-order valence-electron chi connectivity index (χ0n) is 17.5. The molecule has 0 bridgehead atoms. The molecule has 2 aliphatic heterocycles. The van der Waals surface area contributed by atoms with Crippen molar-refractivity contribution in [3.05, 3.63) is 11.8 Å². The van der Waals surface area contributed by atoms with Gasteiger partial charge in [-0.15, -0.1) is 0 Å². The third kappa shape index (κ3) is 6.21. The minimum absolute atomic E-state index is 0.116. The zero-order chi connectivity index (χ0) is 20.5. The minimum Gasteiger partial charge on any atom is -0.459 e. The fraction of sp³-hybridized carbons (Fsp3) is 0.810. The second-order valence-electron chi connectivity index (χ2n) is 7.92. The van der Waals surface area contributed by atoms with Gasteiger partial charge in [-0.2, -0.15) is 0 Å². The van der Waals surface area contributed by atoms with Crippen LogP contribution in [-0.4, -0.2) is 61.0 Å². The Balaban J connectivity index is 1.93. The lowest BCUT2D eigenvalue weighted by Gasteiger charge is -2.38. The van der Waals surface area contributed by atoms with Crippen LogP contribution in [-0.2, 0) is 19.1 Å². The number of likely N-dealkylation sites (tertiary alicyclic amines) is 1. The maximum atomic E-state index is 12.6. The molecule has 3 atom stereocenters. The van der Waals surface area contributed by atoms with E-state index in [4.69, 9.17) is 9.47 Å². The predicted molar refractivity (Wildman–Crippen MR) is 106 cm³/mol. The predicted octanol–water partition coefficient (Wildman–Crippen LogP) is 2.05. The Bertz CT molecular complexity index is 549. The third-order valence-electron chi connectivity index (χ3n) is 5.51. The van der Waals surface area contributed by atoms with Gasteiger partial charge in [0.05, 0.1) is 0 Å². The number of amides is 2. The average Bonchev–Trinajstić information content (AvgIpc) is 3.08. The number of ether oxygens (including phenoxy) is 2. The molecule has 160 valence electrons. The summed E-state index contributed by atoms with van der Waals surface area (Å²) >= 11 is 0. The highest BCUT2D eigenvalue weighted by Gasteiger charge is 2.38. The van der Waals surface area contributed by atoms with E-state index in [1.54, 1.807) is 0 Å². The number of nitrogens with zero attached hydrogens (tertiary/aromatic N) is 1. The van der Waals surface area contributed by atoms with E-state index < -0.39 is 6.29 Å². The van der Waals surface area contributed by atoms with Gasteiger partial charge in [-0.1, -0.05) is 13.8 Å². The number of carbonyl (C=O) groups excluding carboxylic acids is 2. The molecule has 0 saturated carbocycles.